The number of Topliss-reactive ketones (excluding diaryl/α,β-unsaturated/α-hetero) is 2. The predicted molar refractivity (Wildman–Crippen MR) is 78.5 cm³/mol. The molecule has 2 rings (SSSR count). The summed E-state index contributed by atoms with van der Waals surface area (Å²) in [6.07, 6.45) is 0. The Morgan fingerprint density at radius 2 is 1.70 bits per heavy atom. The standard InChI is InChI=1S/C17H13NO2/c1-12(19)14-6-4-7-15(11-14)17(20)10-9-13-5-2-3-8-16(13)18/h2-8,11H,18H2,1H3. The van der Waals surface area contributed by atoms with E-state index in [2.05, 4.69) is 11.8 Å². The number of anilines is 1. The number of para-hydroxylation sites is 1. The van der Waals surface area contributed by atoms with E-state index in [1.165, 1.54) is 6.92 Å². The number of hydrogen-bond acceptors (Lipinski definition) is 3. The van der Waals surface area contributed by atoms with Crippen LogP contribution in [-0.2, 0) is 0 Å². The van der Waals surface area contributed by atoms with Crippen molar-refractivity contribution in [1.82, 2.24) is 0 Å². The van der Waals surface area contributed by atoms with Crippen molar-refractivity contribution in [2.75, 3.05) is 5.73 Å². The first-order valence-corrected chi connectivity index (χ1v) is 6.10. The van der Waals surface area contributed by atoms with E-state index < -0.39 is 0 Å². The van der Waals surface area contributed by atoms with E-state index >= 15 is 0 Å². The molecule has 0 amide bonds. The number of nitrogen functional groups attached to an aromatic ring is 1. The molecule has 0 atom stereocenters. The van der Waals surface area contributed by atoms with Crippen molar-refractivity contribution >= 4 is 17.3 Å². The molecule has 98 valence electrons. The van der Waals surface area contributed by atoms with Crippen molar-refractivity contribution in [1.29, 1.82) is 0 Å². The maximum Gasteiger partial charge on any atom is 0.236 e. The van der Waals surface area contributed by atoms with Crippen LogP contribution in [0.25, 0.3) is 0 Å². The highest BCUT2D eigenvalue weighted by atomic mass is 16.1. The normalized spacial score (nSPS) is 9.45. The summed E-state index contributed by atoms with van der Waals surface area (Å²) in [6.45, 7) is 1.46. The Morgan fingerprint density at radius 3 is 2.40 bits per heavy atom. The zero-order chi connectivity index (χ0) is 14.5. The molecule has 2 N–H and O–H groups in total. The van der Waals surface area contributed by atoms with Crippen molar-refractivity contribution < 1.29 is 9.59 Å². The molecule has 3 nitrogen and oxygen atoms in total. The second-order valence-corrected chi connectivity index (χ2v) is 4.30. The Bertz CT molecular complexity index is 736. The molecular weight excluding hydrogens is 250 g/mol. The summed E-state index contributed by atoms with van der Waals surface area (Å²) in [5.74, 6) is 4.87. The third-order valence-corrected chi connectivity index (χ3v) is 2.80. The first-order valence-electron chi connectivity index (χ1n) is 6.10. The van der Waals surface area contributed by atoms with Crippen LogP contribution in [-0.4, -0.2) is 11.6 Å². The molecule has 0 saturated carbocycles. The SMILES string of the molecule is CC(=O)c1cccc(C(=O)C#Cc2ccccc2N)c1. The molecule has 2 aromatic rings. The molecule has 0 saturated heterocycles. The maximum absolute atomic E-state index is 12.0. The van der Waals surface area contributed by atoms with Crippen LogP contribution in [0.5, 0.6) is 0 Å². The molecule has 2 aromatic carbocycles. The number of carbonyl (C=O) groups is 2. The summed E-state index contributed by atoms with van der Waals surface area (Å²) < 4.78 is 0. The van der Waals surface area contributed by atoms with E-state index in [0.717, 1.165) is 0 Å². The molecule has 3 heteroatoms. The van der Waals surface area contributed by atoms with Crippen LogP contribution in [0.1, 0.15) is 33.2 Å². The van der Waals surface area contributed by atoms with Crippen LogP contribution >= 0.6 is 0 Å². The van der Waals surface area contributed by atoms with Crippen LogP contribution in [0.15, 0.2) is 48.5 Å². The molecule has 0 unspecified atom stereocenters. The van der Waals surface area contributed by atoms with Gasteiger partial charge in [-0.2, -0.15) is 0 Å². The van der Waals surface area contributed by atoms with Crippen molar-refractivity contribution in [3.8, 4) is 11.8 Å². The van der Waals surface area contributed by atoms with Crippen LogP contribution in [0.3, 0.4) is 0 Å². The first-order chi connectivity index (χ1) is 9.58. The topological polar surface area (TPSA) is 60.2 Å². The van der Waals surface area contributed by atoms with Gasteiger partial charge in [0.1, 0.15) is 0 Å². The first kappa shape index (κ1) is 13.6. The molecule has 0 aromatic heterocycles. The number of ketones is 2. The summed E-state index contributed by atoms with van der Waals surface area (Å²) in [5, 5.41) is 0. The smallest absolute Gasteiger partial charge is 0.236 e. The fourth-order valence-electron chi connectivity index (χ4n) is 1.69. The number of hydrogen-bond donors (Lipinski definition) is 1. The van der Waals surface area contributed by atoms with E-state index in [1.807, 2.05) is 0 Å². The van der Waals surface area contributed by atoms with Gasteiger partial charge in [0.05, 0.1) is 0 Å². The molecular formula is C17H13NO2. The minimum atomic E-state index is -0.337. The quantitative estimate of drug-likeness (QED) is 0.515. The lowest BCUT2D eigenvalue weighted by Crippen LogP contribution is -1.99. The molecule has 0 fully saturated rings. The maximum atomic E-state index is 12.0. The summed E-state index contributed by atoms with van der Waals surface area (Å²) in [5.41, 5.74) is 7.80. The zero-order valence-corrected chi connectivity index (χ0v) is 11.0. The lowest BCUT2D eigenvalue weighted by Gasteiger charge is -1.98. The molecule has 0 aliphatic carbocycles. The van der Waals surface area contributed by atoms with Crippen molar-refractivity contribution in [3.05, 3.63) is 65.2 Å². The van der Waals surface area contributed by atoms with Gasteiger partial charge in [-0.05, 0) is 31.0 Å². The predicted octanol–water partition coefficient (Wildman–Crippen LogP) is 2.71. The van der Waals surface area contributed by atoms with E-state index in [-0.39, 0.29) is 11.6 Å². The van der Waals surface area contributed by atoms with E-state index in [1.54, 1.807) is 48.5 Å². The third kappa shape index (κ3) is 3.12. The van der Waals surface area contributed by atoms with Gasteiger partial charge in [0.15, 0.2) is 5.78 Å². The van der Waals surface area contributed by atoms with Gasteiger partial charge in [0, 0.05) is 22.4 Å². The molecule has 0 bridgehead atoms. The molecule has 0 heterocycles. The number of carbonyl (C=O) groups excluding carboxylic acids is 2. The van der Waals surface area contributed by atoms with E-state index in [9.17, 15) is 9.59 Å². The van der Waals surface area contributed by atoms with Crippen molar-refractivity contribution in [3.63, 3.8) is 0 Å². The minimum absolute atomic E-state index is 0.0834. The van der Waals surface area contributed by atoms with Crippen LogP contribution in [0.4, 0.5) is 5.69 Å². The summed E-state index contributed by atoms with van der Waals surface area (Å²) in [6, 6.07) is 13.6. The highest BCUT2D eigenvalue weighted by Crippen LogP contribution is 2.09. The average Bonchev–Trinajstić information content (AvgIpc) is 2.46. The minimum Gasteiger partial charge on any atom is -0.398 e. The second-order valence-electron chi connectivity index (χ2n) is 4.30. The number of benzene rings is 2. The highest BCUT2D eigenvalue weighted by Gasteiger charge is 2.05. The zero-order valence-electron chi connectivity index (χ0n) is 11.0. The fourth-order valence-corrected chi connectivity index (χ4v) is 1.69. The van der Waals surface area contributed by atoms with Crippen molar-refractivity contribution in [2.24, 2.45) is 0 Å². The Kier molecular flexibility index (Phi) is 3.97. The van der Waals surface area contributed by atoms with E-state index in [4.69, 9.17) is 5.73 Å². The molecule has 0 aliphatic rings. The van der Waals surface area contributed by atoms with Gasteiger partial charge >= 0.3 is 0 Å². The number of rotatable bonds is 2. The van der Waals surface area contributed by atoms with Crippen LogP contribution < -0.4 is 5.73 Å². The highest BCUT2D eigenvalue weighted by molar-refractivity contribution is 6.10. The summed E-state index contributed by atoms with van der Waals surface area (Å²) in [4.78, 5) is 23.3. The van der Waals surface area contributed by atoms with Gasteiger partial charge in [-0.25, -0.2) is 0 Å². The molecule has 0 radical (unpaired) electrons. The Balaban J connectivity index is 2.28. The largest absolute Gasteiger partial charge is 0.398 e. The van der Waals surface area contributed by atoms with Gasteiger partial charge in [-0.15, -0.1) is 0 Å². The van der Waals surface area contributed by atoms with Gasteiger partial charge in [0.25, 0.3) is 0 Å². The van der Waals surface area contributed by atoms with Gasteiger partial charge in [-0.1, -0.05) is 36.3 Å². The van der Waals surface area contributed by atoms with Crippen LogP contribution in [0, 0.1) is 11.8 Å². The van der Waals surface area contributed by atoms with Gasteiger partial charge in [-0.3, -0.25) is 9.59 Å². The second kappa shape index (κ2) is 5.85. The third-order valence-electron chi connectivity index (χ3n) is 2.80. The summed E-state index contributed by atoms with van der Waals surface area (Å²) in [7, 11) is 0. The Labute approximate surface area is 117 Å². The summed E-state index contributed by atoms with van der Waals surface area (Å²) >= 11 is 0. The molecule has 0 spiro atoms. The van der Waals surface area contributed by atoms with Gasteiger partial charge in [0.2, 0.25) is 5.78 Å². The van der Waals surface area contributed by atoms with E-state index in [0.29, 0.717) is 22.4 Å². The van der Waals surface area contributed by atoms with Gasteiger partial charge < -0.3 is 5.73 Å². The molecule has 0 aliphatic heterocycles. The monoisotopic (exact) mass is 263 g/mol. The lowest BCUT2D eigenvalue weighted by atomic mass is 10.0. The molecule has 20 heavy (non-hydrogen) atoms. The fraction of sp³-hybridized carbons (Fsp3) is 0.0588. The van der Waals surface area contributed by atoms with Crippen LogP contribution in [0.2, 0.25) is 0 Å². The Morgan fingerprint density at radius 1 is 1.00 bits per heavy atom. The number of nitrogens with two attached hydrogens (primary N) is 1. The van der Waals surface area contributed by atoms with Crippen molar-refractivity contribution in [2.45, 2.75) is 6.92 Å². The Hall–Kier alpha value is -2.86. The average molecular weight is 263 g/mol. The lowest BCUT2D eigenvalue weighted by molar-refractivity contribution is 0.101.